The fourth-order valence-corrected chi connectivity index (χ4v) is 1.07. The summed E-state index contributed by atoms with van der Waals surface area (Å²) in [4.78, 5) is 13.0. The number of carbonyl (C=O) groups excluding carboxylic acids is 1. The highest BCUT2D eigenvalue weighted by atomic mass is 16.1. The Morgan fingerprint density at radius 2 is 2.40 bits per heavy atom. The van der Waals surface area contributed by atoms with Gasteiger partial charge in [0.25, 0.3) is 0 Å². The highest BCUT2D eigenvalue weighted by molar-refractivity contribution is 5.79. The largest absolute Gasteiger partial charge is 0.381 e. The molecule has 0 radical (unpaired) electrons. The molecule has 0 saturated carbocycles. The molecule has 56 valence electrons. The molecule has 0 bridgehead atoms. The first-order chi connectivity index (χ1) is 4.79. The molecule has 2 heteroatoms. The molecule has 0 unspecified atom stereocenters. The van der Waals surface area contributed by atoms with E-state index in [4.69, 9.17) is 0 Å². The summed E-state index contributed by atoms with van der Waals surface area (Å²) < 4.78 is 0. The van der Waals surface area contributed by atoms with Crippen molar-refractivity contribution in [1.82, 2.24) is 4.90 Å². The summed E-state index contributed by atoms with van der Waals surface area (Å²) in [6.45, 7) is 1.00. The summed E-state index contributed by atoms with van der Waals surface area (Å²) >= 11 is 0. The van der Waals surface area contributed by atoms with E-state index in [9.17, 15) is 4.79 Å². The van der Waals surface area contributed by atoms with Crippen molar-refractivity contribution in [3.8, 4) is 0 Å². The third kappa shape index (κ3) is 2.21. The summed E-state index contributed by atoms with van der Waals surface area (Å²) in [6, 6.07) is 0. The van der Waals surface area contributed by atoms with E-state index >= 15 is 0 Å². The predicted molar refractivity (Wildman–Crippen MR) is 40.6 cm³/mol. The quantitative estimate of drug-likeness (QED) is 0.502. The molecule has 0 aromatic carbocycles. The molecule has 0 aromatic heterocycles. The van der Waals surface area contributed by atoms with Gasteiger partial charge in [-0.3, -0.25) is 4.79 Å². The van der Waals surface area contributed by atoms with Gasteiger partial charge in [-0.25, -0.2) is 0 Å². The van der Waals surface area contributed by atoms with Crippen LogP contribution in [0.25, 0.3) is 0 Å². The molecule has 1 aliphatic heterocycles. The van der Waals surface area contributed by atoms with Crippen molar-refractivity contribution in [3.63, 3.8) is 0 Å². The highest BCUT2D eigenvalue weighted by Gasteiger charge is 2.02. The Labute approximate surface area is 61.5 Å². The number of Topliss-reactive ketones (excluding diaryl/α,β-unsaturated/α-hetero) is 1. The number of ketones is 1. The number of nitrogens with zero attached hydrogens (tertiary/aromatic N) is 1. The second-order valence-electron chi connectivity index (χ2n) is 2.71. The van der Waals surface area contributed by atoms with E-state index in [0.717, 1.165) is 19.4 Å². The van der Waals surface area contributed by atoms with Crippen LogP contribution in [0, 0.1) is 0 Å². The lowest BCUT2D eigenvalue weighted by atomic mass is 10.1. The summed E-state index contributed by atoms with van der Waals surface area (Å²) in [6.07, 6.45) is 6.28. The van der Waals surface area contributed by atoms with Crippen LogP contribution in [0.3, 0.4) is 0 Å². The fraction of sp³-hybridized carbons (Fsp3) is 0.625. The summed E-state index contributed by atoms with van der Waals surface area (Å²) in [5.74, 6) is 0.365. The molecule has 1 rings (SSSR count). The first-order valence-electron chi connectivity index (χ1n) is 3.67. The lowest BCUT2D eigenvalue weighted by molar-refractivity contribution is -0.118. The second-order valence-corrected chi connectivity index (χ2v) is 2.71. The number of hydrogen-bond donors (Lipinski definition) is 0. The molecule has 1 heterocycles. The van der Waals surface area contributed by atoms with Gasteiger partial charge in [-0.15, -0.1) is 0 Å². The van der Waals surface area contributed by atoms with Crippen molar-refractivity contribution in [2.75, 3.05) is 13.6 Å². The first-order valence-corrected chi connectivity index (χ1v) is 3.67. The third-order valence-electron chi connectivity index (χ3n) is 1.67. The third-order valence-corrected chi connectivity index (χ3v) is 1.67. The minimum Gasteiger partial charge on any atom is -0.381 e. The Hall–Kier alpha value is -0.790. The van der Waals surface area contributed by atoms with Crippen molar-refractivity contribution < 1.29 is 4.79 Å². The number of allylic oxidation sites excluding steroid dienone is 1. The van der Waals surface area contributed by atoms with Gasteiger partial charge in [0.15, 0.2) is 0 Å². The molecule has 0 saturated heterocycles. The van der Waals surface area contributed by atoms with Crippen LogP contribution >= 0.6 is 0 Å². The fourth-order valence-electron chi connectivity index (χ4n) is 1.07. The van der Waals surface area contributed by atoms with Crippen LogP contribution in [0.2, 0.25) is 0 Å². The second kappa shape index (κ2) is 3.40. The van der Waals surface area contributed by atoms with Crippen LogP contribution < -0.4 is 0 Å². The van der Waals surface area contributed by atoms with E-state index in [2.05, 4.69) is 4.90 Å². The molecule has 0 N–H and O–H groups in total. The lowest BCUT2D eigenvalue weighted by Gasteiger charge is -2.14. The minimum absolute atomic E-state index is 0.365. The zero-order valence-corrected chi connectivity index (χ0v) is 6.34. The van der Waals surface area contributed by atoms with E-state index in [1.165, 1.54) is 0 Å². The average molecular weight is 139 g/mol. The summed E-state index contributed by atoms with van der Waals surface area (Å²) in [7, 11) is 2.03. The maximum atomic E-state index is 10.9. The predicted octanol–water partition coefficient (Wildman–Crippen LogP) is 1.18. The van der Waals surface area contributed by atoms with Crippen molar-refractivity contribution in [3.05, 3.63) is 12.3 Å². The van der Waals surface area contributed by atoms with Gasteiger partial charge in [0.1, 0.15) is 5.78 Å². The van der Waals surface area contributed by atoms with Gasteiger partial charge in [0.2, 0.25) is 0 Å². The molecule has 0 aliphatic carbocycles. The Morgan fingerprint density at radius 1 is 1.60 bits per heavy atom. The van der Waals surface area contributed by atoms with E-state index in [-0.39, 0.29) is 0 Å². The maximum Gasteiger partial charge on any atom is 0.136 e. The van der Waals surface area contributed by atoms with E-state index in [0.29, 0.717) is 12.2 Å². The first kappa shape index (κ1) is 7.32. The zero-order valence-electron chi connectivity index (χ0n) is 6.34. The van der Waals surface area contributed by atoms with E-state index < -0.39 is 0 Å². The van der Waals surface area contributed by atoms with Gasteiger partial charge in [-0.05, 0) is 12.6 Å². The lowest BCUT2D eigenvalue weighted by Crippen LogP contribution is -2.15. The average Bonchev–Trinajstić information content (AvgIpc) is 1.84. The van der Waals surface area contributed by atoms with Crippen LogP contribution in [-0.4, -0.2) is 24.3 Å². The Balaban J connectivity index is 2.45. The molecule has 0 fully saturated rings. The van der Waals surface area contributed by atoms with Crippen molar-refractivity contribution in [2.24, 2.45) is 0 Å². The molecular weight excluding hydrogens is 126 g/mol. The maximum absolute atomic E-state index is 10.9. The minimum atomic E-state index is 0.365. The van der Waals surface area contributed by atoms with Gasteiger partial charge in [-0.1, -0.05) is 6.08 Å². The van der Waals surface area contributed by atoms with Gasteiger partial charge in [0.05, 0.1) is 0 Å². The monoisotopic (exact) mass is 139 g/mol. The van der Waals surface area contributed by atoms with Crippen LogP contribution in [0.5, 0.6) is 0 Å². The van der Waals surface area contributed by atoms with Crippen LogP contribution in [0.15, 0.2) is 12.3 Å². The molecular formula is C8H13NO. The normalized spacial score (nSPS) is 20.5. The summed E-state index contributed by atoms with van der Waals surface area (Å²) in [5.41, 5.74) is 0. The molecule has 1 aliphatic rings. The van der Waals surface area contributed by atoms with Crippen molar-refractivity contribution in [2.45, 2.75) is 19.3 Å². The van der Waals surface area contributed by atoms with E-state index in [1.807, 2.05) is 19.3 Å². The van der Waals surface area contributed by atoms with Crippen molar-refractivity contribution in [1.29, 1.82) is 0 Å². The Morgan fingerprint density at radius 3 is 3.20 bits per heavy atom. The van der Waals surface area contributed by atoms with Gasteiger partial charge < -0.3 is 4.90 Å². The van der Waals surface area contributed by atoms with Gasteiger partial charge in [0, 0.05) is 26.4 Å². The van der Waals surface area contributed by atoms with Crippen LogP contribution in [0.4, 0.5) is 0 Å². The van der Waals surface area contributed by atoms with E-state index in [1.54, 1.807) is 0 Å². The standard InChI is InChI=1S/C8H13NO/c1-9-6-2-4-8(10)5-3-7-9/h2,6H,3-5,7H2,1H3. The molecule has 0 amide bonds. The number of hydrogen-bond acceptors (Lipinski definition) is 2. The Kier molecular flexibility index (Phi) is 2.49. The molecule has 0 aromatic rings. The van der Waals surface area contributed by atoms with Gasteiger partial charge in [-0.2, -0.15) is 0 Å². The number of rotatable bonds is 0. The molecule has 0 spiro atoms. The van der Waals surface area contributed by atoms with Gasteiger partial charge >= 0.3 is 0 Å². The Bertz CT molecular complexity index is 151. The molecule has 0 atom stereocenters. The van der Waals surface area contributed by atoms with Crippen LogP contribution in [0.1, 0.15) is 19.3 Å². The zero-order chi connectivity index (χ0) is 7.40. The summed E-state index contributed by atoms with van der Waals surface area (Å²) in [5, 5.41) is 0. The molecule has 2 nitrogen and oxygen atoms in total. The van der Waals surface area contributed by atoms with Crippen molar-refractivity contribution >= 4 is 5.78 Å². The SMILES string of the molecule is CN1C=CCC(=O)CCC1. The highest BCUT2D eigenvalue weighted by Crippen LogP contribution is 2.02. The topological polar surface area (TPSA) is 20.3 Å². The molecule has 10 heavy (non-hydrogen) atoms. The number of carbonyl (C=O) groups is 1. The van der Waals surface area contributed by atoms with Crippen LogP contribution in [-0.2, 0) is 4.79 Å². The smallest absolute Gasteiger partial charge is 0.136 e.